The van der Waals surface area contributed by atoms with Crippen molar-refractivity contribution >= 4 is 8.41 Å². The Bertz CT molecular complexity index is 11.6. The van der Waals surface area contributed by atoms with Gasteiger partial charge in [0.1, 0.15) is 0 Å². The summed E-state index contributed by atoms with van der Waals surface area (Å²) in [5, 5.41) is 0. The van der Waals surface area contributed by atoms with Crippen molar-refractivity contribution in [1.29, 1.82) is 0 Å². The van der Waals surface area contributed by atoms with E-state index in [2.05, 4.69) is 0 Å². The van der Waals surface area contributed by atoms with Gasteiger partial charge in [-0.2, -0.15) is 0 Å². The van der Waals surface area contributed by atoms with E-state index < -0.39 is 0 Å². The van der Waals surface area contributed by atoms with Crippen molar-refractivity contribution in [1.82, 2.24) is 0 Å². The molecule has 0 fully saturated rings. The maximum Gasteiger partial charge on any atom is 0 e. The summed E-state index contributed by atoms with van der Waals surface area (Å²) in [4.78, 5) is 0. The Labute approximate surface area is 75.5 Å². The summed E-state index contributed by atoms with van der Waals surface area (Å²) < 4.78 is 0. The third kappa shape index (κ3) is 23.1. The molecule has 0 spiro atoms. The van der Waals surface area contributed by atoms with Crippen LogP contribution in [0.5, 0.6) is 0 Å². The molecule has 0 atom stereocenters. The summed E-state index contributed by atoms with van der Waals surface area (Å²) in [6.07, 6.45) is 0. The Balaban J connectivity index is 0. The second-order valence-corrected chi connectivity index (χ2v) is 0. The van der Waals surface area contributed by atoms with Gasteiger partial charge in [0.2, 0.25) is 0 Å². The van der Waals surface area contributed by atoms with Gasteiger partial charge >= 0.3 is 0 Å². The van der Waals surface area contributed by atoms with E-state index in [4.69, 9.17) is 0 Å². The van der Waals surface area contributed by atoms with Crippen molar-refractivity contribution in [2.24, 2.45) is 0 Å². The van der Waals surface area contributed by atoms with Crippen LogP contribution in [0.25, 0.3) is 0 Å². The first-order valence-corrected chi connectivity index (χ1v) is 0. The molecule has 0 amide bonds. The average Bonchev–Trinajstić information content (AvgIpc) is 0. The van der Waals surface area contributed by atoms with Gasteiger partial charge in [0.15, 0.2) is 0 Å². The van der Waals surface area contributed by atoms with E-state index >= 15 is 0 Å². The van der Waals surface area contributed by atoms with Gasteiger partial charge in [-0.3, -0.25) is 0 Å². The monoisotopic (exact) mass is 235 g/mol. The van der Waals surface area contributed by atoms with Crippen molar-refractivity contribution < 1.29 is 67.7 Å². The fraction of sp³-hybridized carbons (Fsp3) is 0. The van der Waals surface area contributed by atoms with E-state index in [1.165, 1.54) is 0 Å². The molecular formula is BCoCrMnNi. The molecule has 0 bridgehead atoms. The van der Waals surface area contributed by atoms with Crippen LogP contribution in [0.3, 0.4) is 0 Å². The molecule has 0 aromatic carbocycles. The zero-order valence-corrected chi connectivity index (χ0v) is 6.50. The molecule has 0 N–H and O–H groups in total. The number of rotatable bonds is 0. The van der Waals surface area contributed by atoms with Crippen LogP contribution in [0, 0.1) is 0 Å². The van der Waals surface area contributed by atoms with E-state index in [1.54, 1.807) is 0 Å². The van der Waals surface area contributed by atoms with Gasteiger partial charge in [-0.15, -0.1) is 0 Å². The third-order valence-electron chi connectivity index (χ3n) is 0. The smallest absolute Gasteiger partial charge is 0 e. The summed E-state index contributed by atoms with van der Waals surface area (Å²) in [5.41, 5.74) is 0. The Kier molecular flexibility index (Phi) is 425. The van der Waals surface area contributed by atoms with Crippen molar-refractivity contribution in [3.8, 4) is 0 Å². The molecule has 0 aliphatic carbocycles. The summed E-state index contributed by atoms with van der Waals surface area (Å²) >= 11 is 0. The molecule has 0 nitrogen and oxygen atoms in total. The van der Waals surface area contributed by atoms with Crippen molar-refractivity contribution in [2.45, 2.75) is 0 Å². The molecule has 0 unspecified atom stereocenters. The summed E-state index contributed by atoms with van der Waals surface area (Å²) in [7, 11) is 0. The van der Waals surface area contributed by atoms with Crippen LogP contribution in [0.15, 0.2) is 0 Å². The van der Waals surface area contributed by atoms with Crippen LogP contribution < -0.4 is 0 Å². The minimum absolute atomic E-state index is 0. The predicted octanol–water partition coefficient (Wildman–Crippen LogP) is -0.391. The van der Waals surface area contributed by atoms with Crippen LogP contribution in [0.1, 0.15) is 0 Å². The van der Waals surface area contributed by atoms with Crippen LogP contribution in [-0.2, 0) is 67.7 Å². The molecule has 0 aromatic heterocycles. The Morgan fingerprint density at radius 1 is 1.00 bits per heavy atom. The molecular weight excluding hydrogens is 235 g/mol. The molecule has 35 valence electrons. The first-order chi connectivity index (χ1) is 0. The third-order valence-corrected chi connectivity index (χ3v) is 0. The molecule has 0 aliphatic rings. The minimum atomic E-state index is 0. The molecule has 0 saturated carbocycles. The van der Waals surface area contributed by atoms with Crippen LogP contribution in [-0.4, -0.2) is 8.41 Å². The molecule has 0 aliphatic heterocycles. The molecule has 0 saturated heterocycles. The van der Waals surface area contributed by atoms with Gasteiger partial charge in [0.25, 0.3) is 0 Å². The zero-order chi connectivity index (χ0) is 0. The topological polar surface area (TPSA) is 0 Å². The normalized spacial score (nSPS) is 0. The molecule has 5 heavy (non-hydrogen) atoms. The van der Waals surface area contributed by atoms with Crippen LogP contribution in [0.4, 0.5) is 0 Å². The summed E-state index contributed by atoms with van der Waals surface area (Å²) in [5.74, 6) is 0. The van der Waals surface area contributed by atoms with Gasteiger partial charge in [0.05, 0.1) is 0 Å². The van der Waals surface area contributed by atoms with Crippen molar-refractivity contribution in [3.63, 3.8) is 0 Å². The van der Waals surface area contributed by atoms with Crippen molar-refractivity contribution in [3.05, 3.63) is 0 Å². The van der Waals surface area contributed by atoms with E-state index in [0.717, 1.165) is 0 Å². The second kappa shape index (κ2) is 35.7. The van der Waals surface area contributed by atoms with Crippen LogP contribution >= 0.6 is 0 Å². The fourth-order valence-corrected chi connectivity index (χ4v) is 0. The van der Waals surface area contributed by atoms with E-state index in [-0.39, 0.29) is 76.1 Å². The standard InChI is InChI=1S/B.Co.Cr.Mn.Ni. The van der Waals surface area contributed by atoms with Gasteiger partial charge in [-0.25, -0.2) is 0 Å². The predicted molar refractivity (Wildman–Crippen MR) is 5.75 cm³/mol. The van der Waals surface area contributed by atoms with Gasteiger partial charge in [0, 0.05) is 76.1 Å². The average molecular weight is 235 g/mol. The van der Waals surface area contributed by atoms with Gasteiger partial charge in [-0.05, 0) is 0 Å². The summed E-state index contributed by atoms with van der Waals surface area (Å²) in [6, 6.07) is 0. The first-order valence-electron chi connectivity index (χ1n) is 0. The molecule has 0 heterocycles. The maximum atomic E-state index is 0. The number of hydrogen-bond acceptors (Lipinski definition) is 0. The zero-order valence-electron chi connectivity index (χ0n) is 2.01. The van der Waals surface area contributed by atoms with E-state index in [1.807, 2.05) is 0 Å². The summed E-state index contributed by atoms with van der Waals surface area (Å²) in [6.45, 7) is 0. The molecule has 0 aromatic rings. The van der Waals surface area contributed by atoms with Gasteiger partial charge in [-0.1, -0.05) is 0 Å². The molecule has 5 heteroatoms. The fourth-order valence-electron chi connectivity index (χ4n) is 0. The Morgan fingerprint density at radius 2 is 1.00 bits per heavy atom. The molecule has 5 radical (unpaired) electrons. The minimum Gasteiger partial charge on any atom is 0 e. The molecule has 0 rings (SSSR count). The Morgan fingerprint density at radius 3 is 1.00 bits per heavy atom. The maximum absolute atomic E-state index is 0. The quantitative estimate of drug-likeness (QED) is 0.502. The van der Waals surface area contributed by atoms with Gasteiger partial charge < -0.3 is 0 Å². The Hall–Kier alpha value is 2.12. The van der Waals surface area contributed by atoms with E-state index in [0.29, 0.717) is 0 Å². The van der Waals surface area contributed by atoms with Crippen molar-refractivity contribution in [2.75, 3.05) is 0 Å². The number of hydrogen-bond donors (Lipinski definition) is 0. The largest absolute Gasteiger partial charge is 0 e. The first kappa shape index (κ1) is 59.4. The van der Waals surface area contributed by atoms with E-state index in [9.17, 15) is 0 Å². The van der Waals surface area contributed by atoms with Crippen LogP contribution in [0.2, 0.25) is 0 Å². The SMILES string of the molecule is [B].[Co].[Cr].[Mn].[Ni]. The second-order valence-electron chi connectivity index (χ2n) is 0.